The minimum Gasteiger partial charge on any atom is -0.490 e. The van der Waals surface area contributed by atoms with Gasteiger partial charge in [0.05, 0.1) is 23.4 Å². The van der Waals surface area contributed by atoms with Crippen LogP contribution in [-0.2, 0) is 11.4 Å². The van der Waals surface area contributed by atoms with Crippen molar-refractivity contribution in [3.05, 3.63) is 118 Å². The van der Waals surface area contributed by atoms with Crippen LogP contribution >= 0.6 is 23.2 Å². The predicted octanol–water partition coefficient (Wildman–Crippen LogP) is 7.11. The van der Waals surface area contributed by atoms with Crippen LogP contribution < -0.4 is 24.4 Å². The number of hydrazone groups is 1. The maximum atomic E-state index is 12.6. The molecule has 10 heteroatoms. The molecule has 1 amide bonds. The number of amides is 1. The van der Waals surface area contributed by atoms with Crippen molar-refractivity contribution in [3.8, 4) is 23.0 Å². The monoisotopic (exact) mass is 606 g/mol. The number of hydrogen-bond acceptors (Lipinski definition) is 7. The summed E-state index contributed by atoms with van der Waals surface area (Å²) in [5.41, 5.74) is 4.29. The van der Waals surface area contributed by atoms with Crippen LogP contribution in [0.4, 0.5) is 0 Å². The Morgan fingerprint density at radius 2 is 1.62 bits per heavy atom. The second kappa shape index (κ2) is 14.9. The lowest BCUT2D eigenvalue weighted by atomic mass is 10.2. The summed E-state index contributed by atoms with van der Waals surface area (Å²) in [5, 5.41) is 4.59. The van der Waals surface area contributed by atoms with E-state index >= 15 is 0 Å². The van der Waals surface area contributed by atoms with Gasteiger partial charge in [-0.15, -0.1) is 0 Å². The lowest BCUT2D eigenvalue weighted by molar-refractivity contribution is -0.127. The summed E-state index contributed by atoms with van der Waals surface area (Å²) in [5.74, 6) is 0.626. The fourth-order valence-electron chi connectivity index (χ4n) is 3.64. The number of esters is 1. The van der Waals surface area contributed by atoms with E-state index in [1.54, 1.807) is 62.4 Å². The van der Waals surface area contributed by atoms with Crippen LogP contribution in [0.2, 0.25) is 10.0 Å². The Bertz CT molecular complexity index is 1540. The van der Waals surface area contributed by atoms with Crippen LogP contribution in [0.1, 0.15) is 35.3 Å². The van der Waals surface area contributed by atoms with Crippen LogP contribution in [0.3, 0.4) is 0 Å². The molecular formula is C32H28Cl2N2O6. The average molecular weight is 607 g/mol. The largest absolute Gasteiger partial charge is 0.490 e. The first-order valence-corrected chi connectivity index (χ1v) is 13.8. The van der Waals surface area contributed by atoms with Gasteiger partial charge < -0.3 is 18.9 Å². The Morgan fingerprint density at radius 1 is 0.881 bits per heavy atom. The van der Waals surface area contributed by atoms with Crippen molar-refractivity contribution in [3.63, 3.8) is 0 Å². The zero-order valence-electron chi connectivity index (χ0n) is 22.9. The molecule has 0 aromatic heterocycles. The zero-order valence-corrected chi connectivity index (χ0v) is 24.4. The summed E-state index contributed by atoms with van der Waals surface area (Å²) in [7, 11) is 0. The Labute approximate surface area is 253 Å². The second-order valence-electron chi connectivity index (χ2n) is 8.89. The van der Waals surface area contributed by atoms with Gasteiger partial charge in [-0.1, -0.05) is 53.5 Å². The maximum Gasteiger partial charge on any atom is 0.345 e. The van der Waals surface area contributed by atoms with Gasteiger partial charge >= 0.3 is 5.97 Å². The third-order valence-electron chi connectivity index (χ3n) is 5.76. The Kier molecular flexibility index (Phi) is 10.8. The van der Waals surface area contributed by atoms with E-state index in [4.69, 9.17) is 42.1 Å². The summed E-state index contributed by atoms with van der Waals surface area (Å²) in [4.78, 5) is 25.1. The molecule has 42 heavy (non-hydrogen) atoms. The number of carbonyl (C=O) groups excluding carboxylic acids is 2. The van der Waals surface area contributed by atoms with Gasteiger partial charge in [-0.2, -0.15) is 5.10 Å². The maximum absolute atomic E-state index is 12.6. The first-order valence-electron chi connectivity index (χ1n) is 13.0. The highest BCUT2D eigenvalue weighted by atomic mass is 35.5. The molecule has 4 rings (SSSR count). The number of hydrogen-bond donors (Lipinski definition) is 1. The van der Waals surface area contributed by atoms with Crippen LogP contribution in [0.25, 0.3) is 0 Å². The molecule has 0 radical (unpaired) electrons. The fourth-order valence-corrected chi connectivity index (χ4v) is 4.13. The molecule has 0 saturated carbocycles. The molecule has 1 N–H and O–H groups in total. The highest BCUT2D eigenvalue weighted by molar-refractivity contribution is 6.36. The lowest BCUT2D eigenvalue weighted by Gasteiger charge is -2.14. The van der Waals surface area contributed by atoms with E-state index in [1.165, 1.54) is 18.3 Å². The number of benzene rings is 4. The molecule has 4 aromatic rings. The van der Waals surface area contributed by atoms with Gasteiger partial charge in [0.25, 0.3) is 5.91 Å². The van der Waals surface area contributed by atoms with Gasteiger partial charge in [-0.25, -0.2) is 10.2 Å². The molecule has 0 aliphatic carbocycles. The summed E-state index contributed by atoms with van der Waals surface area (Å²) in [6.07, 6.45) is 0.631. The number of rotatable bonds is 12. The van der Waals surface area contributed by atoms with E-state index < -0.39 is 18.0 Å². The van der Waals surface area contributed by atoms with Crippen molar-refractivity contribution in [2.24, 2.45) is 5.10 Å². The normalized spacial score (nSPS) is 11.5. The molecule has 0 aliphatic rings. The standard InChI is InChI=1S/C32H28Cl2N2O6/c1-3-39-30-17-23(9-16-29(30)42-32(38)27-15-10-24(33)18-28(27)34)19-35-36-31(37)21(2)41-26-13-11-25(12-14-26)40-20-22-7-5-4-6-8-22/h4-19,21H,3,20H2,1-2H3,(H,36,37)/b35-19-/t21-/m0/s1. The smallest absolute Gasteiger partial charge is 0.345 e. The van der Waals surface area contributed by atoms with E-state index in [-0.39, 0.29) is 16.3 Å². The summed E-state index contributed by atoms with van der Waals surface area (Å²) in [6, 6.07) is 26.2. The molecule has 216 valence electrons. The van der Waals surface area contributed by atoms with E-state index in [9.17, 15) is 9.59 Å². The number of ether oxygens (including phenoxy) is 4. The number of carbonyl (C=O) groups is 2. The molecule has 0 bridgehead atoms. The third kappa shape index (κ3) is 8.73. The first kappa shape index (κ1) is 30.4. The first-order chi connectivity index (χ1) is 20.3. The minimum atomic E-state index is -0.807. The van der Waals surface area contributed by atoms with Crippen LogP contribution in [0, 0.1) is 0 Å². The van der Waals surface area contributed by atoms with E-state index in [1.807, 2.05) is 30.3 Å². The highest BCUT2D eigenvalue weighted by Crippen LogP contribution is 2.30. The van der Waals surface area contributed by atoms with Gasteiger partial charge in [0, 0.05) is 5.02 Å². The van der Waals surface area contributed by atoms with Crippen LogP contribution in [-0.4, -0.2) is 30.8 Å². The quantitative estimate of drug-likeness (QED) is 0.0799. The lowest BCUT2D eigenvalue weighted by Crippen LogP contribution is -2.33. The molecule has 0 spiro atoms. The molecule has 0 fully saturated rings. The Balaban J connectivity index is 1.30. The van der Waals surface area contributed by atoms with Gasteiger partial charge in [-0.3, -0.25) is 4.79 Å². The van der Waals surface area contributed by atoms with Crippen molar-refractivity contribution >= 4 is 41.3 Å². The summed E-state index contributed by atoms with van der Waals surface area (Å²) < 4.78 is 22.6. The Morgan fingerprint density at radius 3 is 2.33 bits per heavy atom. The van der Waals surface area contributed by atoms with Gasteiger partial charge in [0.2, 0.25) is 0 Å². The predicted molar refractivity (Wildman–Crippen MR) is 162 cm³/mol. The van der Waals surface area contributed by atoms with Crippen LogP contribution in [0.15, 0.2) is 96.1 Å². The molecule has 4 aromatic carbocycles. The molecule has 0 unspecified atom stereocenters. The van der Waals surface area contributed by atoms with Crippen molar-refractivity contribution < 1.29 is 28.5 Å². The van der Waals surface area contributed by atoms with E-state index in [0.29, 0.717) is 41.0 Å². The van der Waals surface area contributed by atoms with Crippen LogP contribution in [0.5, 0.6) is 23.0 Å². The third-order valence-corrected chi connectivity index (χ3v) is 6.31. The SMILES string of the molecule is CCOc1cc(/C=N\NC(=O)[C@H](C)Oc2ccc(OCc3ccccc3)cc2)ccc1OC(=O)c1ccc(Cl)cc1Cl. The molecule has 1 atom stereocenters. The van der Waals surface area contributed by atoms with Gasteiger partial charge in [-0.05, 0) is 85.6 Å². The van der Waals surface area contributed by atoms with Crippen molar-refractivity contribution in [2.45, 2.75) is 26.6 Å². The minimum absolute atomic E-state index is 0.167. The summed E-state index contributed by atoms with van der Waals surface area (Å²) in [6.45, 7) is 4.21. The Hall–Kier alpha value is -4.53. The number of nitrogens with one attached hydrogen (secondary N) is 1. The fraction of sp³-hybridized carbons (Fsp3) is 0.156. The van der Waals surface area contributed by atoms with Gasteiger partial charge in [0.1, 0.15) is 18.1 Å². The molecule has 8 nitrogen and oxygen atoms in total. The number of nitrogens with zero attached hydrogens (tertiary/aromatic N) is 1. The van der Waals surface area contributed by atoms with E-state index in [0.717, 1.165) is 5.56 Å². The molecule has 0 aliphatic heterocycles. The summed E-state index contributed by atoms with van der Waals surface area (Å²) >= 11 is 12.0. The average Bonchev–Trinajstić information content (AvgIpc) is 2.98. The number of halogens is 2. The zero-order chi connectivity index (χ0) is 29.9. The highest BCUT2D eigenvalue weighted by Gasteiger charge is 2.17. The molecular weight excluding hydrogens is 579 g/mol. The van der Waals surface area contributed by atoms with Crippen molar-refractivity contribution in [1.82, 2.24) is 5.43 Å². The van der Waals surface area contributed by atoms with Crippen molar-refractivity contribution in [2.75, 3.05) is 6.61 Å². The van der Waals surface area contributed by atoms with Gasteiger partial charge in [0.15, 0.2) is 17.6 Å². The molecule has 0 heterocycles. The second-order valence-corrected chi connectivity index (χ2v) is 9.74. The van der Waals surface area contributed by atoms with Crippen molar-refractivity contribution in [1.29, 1.82) is 0 Å². The van der Waals surface area contributed by atoms with E-state index in [2.05, 4.69) is 10.5 Å². The molecule has 0 saturated heterocycles. The topological polar surface area (TPSA) is 95.5 Å².